The summed E-state index contributed by atoms with van der Waals surface area (Å²) in [6.07, 6.45) is 0. The summed E-state index contributed by atoms with van der Waals surface area (Å²) in [5.74, 6) is 0. The maximum absolute atomic E-state index is 12.5. The van der Waals surface area contributed by atoms with Crippen molar-refractivity contribution in [2.75, 3.05) is 0 Å². The molecule has 28 heavy (non-hydrogen) atoms. The smallest absolute Gasteiger partial charge is 0.266 e. The molecule has 0 aliphatic rings. The summed E-state index contributed by atoms with van der Waals surface area (Å²) in [7, 11) is 0. The number of rotatable bonds is 3. The average molecular weight is 383 g/mol. The zero-order valence-corrected chi connectivity index (χ0v) is 15.6. The van der Waals surface area contributed by atoms with Crippen molar-refractivity contribution in [1.29, 1.82) is 5.26 Å². The van der Waals surface area contributed by atoms with Crippen molar-refractivity contribution in [2.45, 2.75) is 0 Å². The van der Waals surface area contributed by atoms with Gasteiger partial charge in [-0.15, -0.1) is 0 Å². The van der Waals surface area contributed by atoms with Gasteiger partial charge in [0.05, 0.1) is 0 Å². The van der Waals surface area contributed by atoms with Crippen LogP contribution in [0.3, 0.4) is 0 Å². The number of aromatic amines is 1. The molecule has 1 aromatic heterocycles. The Morgan fingerprint density at radius 3 is 1.96 bits per heavy atom. The van der Waals surface area contributed by atoms with Crippen LogP contribution in [0.4, 0.5) is 0 Å². The molecule has 4 aromatic rings. The first kappa shape index (κ1) is 17.8. The van der Waals surface area contributed by atoms with E-state index in [9.17, 15) is 10.1 Å². The largest absolute Gasteiger partial charge is 0.321 e. The van der Waals surface area contributed by atoms with Gasteiger partial charge >= 0.3 is 0 Å². The third-order valence-electron chi connectivity index (χ3n) is 4.60. The van der Waals surface area contributed by atoms with Crippen LogP contribution >= 0.6 is 11.6 Å². The molecular formula is C24H15ClN2O. The van der Waals surface area contributed by atoms with Gasteiger partial charge in [0.1, 0.15) is 11.6 Å². The van der Waals surface area contributed by atoms with Crippen LogP contribution in [0.2, 0.25) is 5.02 Å². The van der Waals surface area contributed by atoms with Crippen LogP contribution < -0.4 is 5.56 Å². The quantitative estimate of drug-likeness (QED) is 0.479. The summed E-state index contributed by atoms with van der Waals surface area (Å²) in [4.78, 5) is 15.3. The number of nitrogens with one attached hydrogen (secondary N) is 1. The Balaban J connectivity index is 1.79. The molecule has 134 valence electrons. The lowest BCUT2D eigenvalue weighted by molar-refractivity contribution is 1.22. The van der Waals surface area contributed by atoms with Crippen molar-refractivity contribution >= 4 is 11.6 Å². The first-order valence-corrected chi connectivity index (χ1v) is 9.13. The minimum Gasteiger partial charge on any atom is -0.321 e. The second kappa shape index (κ2) is 7.56. The van der Waals surface area contributed by atoms with E-state index >= 15 is 0 Å². The van der Waals surface area contributed by atoms with Gasteiger partial charge < -0.3 is 4.98 Å². The first-order chi connectivity index (χ1) is 13.7. The van der Waals surface area contributed by atoms with E-state index in [1.54, 1.807) is 24.3 Å². The molecule has 1 N–H and O–H groups in total. The Bertz CT molecular complexity index is 1220. The van der Waals surface area contributed by atoms with E-state index in [4.69, 9.17) is 11.6 Å². The van der Waals surface area contributed by atoms with Gasteiger partial charge in [-0.05, 0) is 40.5 Å². The third-order valence-corrected chi connectivity index (χ3v) is 4.86. The van der Waals surface area contributed by atoms with Gasteiger partial charge in [-0.25, -0.2) is 0 Å². The normalized spacial score (nSPS) is 10.4. The highest BCUT2D eigenvalue weighted by Crippen LogP contribution is 2.28. The molecule has 0 bridgehead atoms. The van der Waals surface area contributed by atoms with Crippen LogP contribution in [-0.4, -0.2) is 4.98 Å². The number of nitriles is 1. The summed E-state index contributed by atoms with van der Waals surface area (Å²) in [6, 6.07) is 29.0. The van der Waals surface area contributed by atoms with Crippen LogP contribution in [0, 0.1) is 11.3 Å². The van der Waals surface area contributed by atoms with Gasteiger partial charge in [0, 0.05) is 16.3 Å². The van der Waals surface area contributed by atoms with E-state index in [1.165, 1.54) is 0 Å². The Hall–Kier alpha value is -3.61. The van der Waals surface area contributed by atoms with E-state index in [1.807, 2.05) is 54.6 Å². The molecule has 1 heterocycles. The molecule has 0 amide bonds. The topological polar surface area (TPSA) is 56.6 Å². The highest BCUT2D eigenvalue weighted by atomic mass is 35.5. The van der Waals surface area contributed by atoms with Crippen molar-refractivity contribution in [3.63, 3.8) is 0 Å². The van der Waals surface area contributed by atoms with Gasteiger partial charge in [0.2, 0.25) is 0 Å². The van der Waals surface area contributed by atoms with Crippen LogP contribution in [0.1, 0.15) is 5.56 Å². The number of nitrogens with zero attached hydrogens (tertiary/aromatic N) is 1. The predicted molar refractivity (Wildman–Crippen MR) is 113 cm³/mol. The Morgan fingerprint density at radius 1 is 0.750 bits per heavy atom. The molecule has 3 nitrogen and oxygen atoms in total. The minimum absolute atomic E-state index is 0.0898. The summed E-state index contributed by atoms with van der Waals surface area (Å²) in [5.41, 5.74) is 4.80. The fourth-order valence-electron chi connectivity index (χ4n) is 3.16. The molecule has 4 heteroatoms. The van der Waals surface area contributed by atoms with Crippen LogP contribution in [0.5, 0.6) is 0 Å². The number of pyridine rings is 1. The van der Waals surface area contributed by atoms with Crippen molar-refractivity contribution in [1.82, 2.24) is 4.98 Å². The Kier molecular flexibility index (Phi) is 4.80. The van der Waals surface area contributed by atoms with E-state index in [0.717, 1.165) is 22.3 Å². The standard InChI is InChI=1S/C24H15ClN2O/c25-20-12-10-18(11-13-20)21-14-23(27-24(28)22(21)15-26)19-8-6-17(7-9-19)16-4-2-1-3-5-16/h1-14H,(H,27,28). The molecule has 0 fully saturated rings. The van der Waals surface area contributed by atoms with Crippen molar-refractivity contribution in [3.8, 4) is 39.6 Å². The maximum Gasteiger partial charge on any atom is 0.266 e. The van der Waals surface area contributed by atoms with Crippen LogP contribution in [0.15, 0.2) is 89.7 Å². The molecule has 0 radical (unpaired) electrons. The van der Waals surface area contributed by atoms with Crippen molar-refractivity contribution in [3.05, 3.63) is 106 Å². The molecule has 0 atom stereocenters. The van der Waals surface area contributed by atoms with Gasteiger partial charge in [0.25, 0.3) is 5.56 Å². The molecule has 0 saturated carbocycles. The molecular weight excluding hydrogens is 368 g/mol. The molecule has 0 saturated heterocycles. The van der Waals surface area contributed by atoms with Crippen LogP contribution in [-0.2, 0) is 0 Å². The molecule has 0 unspecified atom stereocenters. The first-order valence-electron chi connectivity index (χ1n) is 8.75. The lowest BCUT2D eigenvalue weighted by atomic mass is 9.98. The summed E-state index contributed by atoms with van der Waals surface area (Å²) in [6.45, 7) is 0. The van der Waals surface area contributed by atoms with Crippen LogP contribution in [0.25, 0.3) is 33.5 Å². The predicted octanol–water partition coefficient (Wildman–Crippen LogP) is 5.90. The van der Waals surface area contributed by atoms with E-state index in [-0.39, 0.29) is 5.56 Å². The van der Waals surface area contributed by atoms with E-state index in [0.29, 0.717) is 16.3 Å². The highest BCUT2D eigenvalue weighted by Gasteiger charge is 2.12. The number of hydrogen-bond donors (Lipinski definition) is 1. The highest BCUT2D eigenvalue weighted by molar-refractivity contribution is 6.30. The third kappa shape index (κ3) is 3.46. The molecule has 3 aromatic carbocycles. The molecule has 0 spiro atoms. The van der Waals surface area contributed by atoms with Crippen molar-refractivity contribution in [2.24, 2.45) is 0 Å². The molecule has 0 aliphatic heterocycles. The second-order valence-corrected chi connectivity index (χ2v) is 6.80. The number of H-pyrrole nitrogens is 1. The summed E-state index contributed by atoms with van der Waals surface area (Å²) in [5, 5.41) is 10.0. The second-order valence-electron chi connectivity index (χ2n) is 6.36. The zero-order chi connectivity index (χ0) is 19.5. The number of benzene rings is 3. The van der Waals surface area contributed by atoms with Gasteiger partial charge in [-0.2, -0.15) is 5.26 Å². The average Bonchev–Trinajstić information content (AvgIpc) is 2.74. The number of aromatic nitrogens is 1. The van der Waals surface area contributed by atoms with Gasteiger partial charge in [0.15, 0.2) is 0 Å². The fourth-order valence-corrected chi connectivity index (χ4v) is 3.28. The minimum atomic E-state index is -0.405. The summed E-state index contributed by atoms with van der Waals surface area (Å²) < 4.78 is 0. The van der Waals surface area contributed by atoms with Gasteiger partial charge in [-0.3, -0.25) is 4.79 Å². The SMILES string of the molecule is N#Cc1c(-c2ccc(Cl)cc2)cc(-c2ccc(-c3ccccc3)cc2)[nH]c1=O. The Morgan fingerprint density at radius 2 is 1.32 bits per heavy atom. The van der Waals surface area contributed by atoms with E-state index in [2.05, 4.69) is 17.1 Å². The monoisotopic (exact) mass is 382 g/mol. The number of halogens is 1. The van der Waals surface area contributed by atoms with Gasteiger partial charge in [-0.1, -0.05) is 78.3 Å². The molecule has 4 rings (SSSR count). The van der Waals surface area contributed by atoms with E-state index < -0.39 is 5.56 Å². The fraction of sp³-hybridized carbons (Fsp3) is 0. The lowest BCUT2D eigenvalue weighted by Gasteiger charge is -2.09. The lowest BCUT2D eigenvalue weighted by Crippen LogP contribution is -2.12. The Labute approximate surface area is 167 Å². The zero-order valence-electron chi connectivity index (χ0n) is 14.8. The maximum atomic E-state index is 12.5. The van der Waals surface area contributed by atoms with Crippen molar-refractivity contribution < 1.29 is 0 Å². The number of hydrogen-bond acceptors (Lipinski definition) is 2. The summed E-state index contributed by atoms with van der Waals surface area (Å²) >= 11 is 5.96. The molecule has 0 aliphatic carbocycles.